The molecule has 0 aliphatic carbocycles. The standard InChI is InChI=1S/C12H14FN3O/c1-8-4-5-10(13)9(6-8)12-14-11(7-17-3)16(2)15-12/h4-6H,7H2,1-3H3. The maximum Gasteiger partial charge on any atom is 0.184 e. The highest BCUT2D eigenvalue weighted by Crippen LogP contribution is 2.21. The predicted molar refractivity (Wildman–Crippen MR) is 61.8 cm³/mol. The molecule has 2 rings (SSSR count). The first-order valence-corrected chi connectivity index (χ1v) is 5.27. The van der Waals surface area contributed by atoms with Gasteiger partial charge in [0, 0.05) is 14.2 Å². The van der Waals surface area contributed by atoms with E-state index in [9.17, 15) is 4.39 Å². The van der Waals surface area contributed by atoms with E-state index in [2.05, 4.69) is 10.1 Å². The number of aryl methyl sites for hydroxylation is 2. The summed E-state index contributed by atoms with van der Waals surface area (Å²) in [6.07, 6.45) is 0. The maximum absolute atomic E-state index is 13.7. The van der Waals surface area contributed by atoms with Crippen LogP contribution in [0.4, 0.5) is 4.39 Å². The molecule has 0 saturated heterocycles. The van der Waals surface area contributed by atoms with Crippen molar-refractivity contribution in [1.82, 2.24) is 14.8 Å². The Bertz CT molecular complexity index is 537. The molecule has 4 nitrogen and oxygen atoms in total. The lowest BCUT2D eigenvalue weighted by atomic mass is 10.1. The van der Waals surface area contributed by atoms with Gasteiger partial charge >= 0.3 is 0 Å². The normalized spacial score (nSPS) is 10.8. The van der Waals surface area contributed by atoms with Crippen LogP contribution in [0.1, 0.15) is 11.4 Å². The van der Waals surface area contributed by atoms with E-state index in [-0.39, 0.29) is 5.82 Å². The molecule has 2 aromatic rings. The molecule has 90 valence electrons. The molecule has 0 radical (unpaired) electrons. The van der Waals surface area contributed by atoms with Crippen molar-refractivity contribution in [2.75, 3.05) is 7.11 Å². The first kappa shape index (κ1) is 11.7. The van der Waals surface area contributed by atoms with Gasteiger partial charge in [0.2, 0.25) is 0 Å². The Kier molecular flexibility index (Phi) is 3.19. The Morgan fingerprint density at radius 1 is 1.41 bits per heavy atom. The molecular formula is C12H14FN3O. The summed E-state index contributed by atoms with van der Waals surface area (Å²) in [4.78, 5) is 4.26. The van der Waals surface area contributed by atoms with E-state index in [1.807, 2.05) is 6.92 Å². The fraction of sp³-hybridized carbons (Fsp3) is 0.333. The molecule has 0 N–H and O–H groups in total. The van der Waals surface area contributed by atoms with E-state index in [0.717, 1.165) is 5.56 Å². The minimum atomic E-state index is -0.315. The molecule has 1 heterocycles. The molecule has 0 unspecified atom stereocenters. The summed E-state index contributed by atoms with van der Waals surface area (Å²) < 4.78 is 20.3. The minimum Gasteiger partial charge on any atom is -0.377 e. The molecule has 5 heteroatoms. The van der Waals surface area contributed by atoms with E-state index < -0.39 is 0 Å². The van der Waals surface area contributed by atoms with Crippen LogP contribution < -0.4 is 0 Å². The van der Waals surface area contributed by atoms with Gasteiger partial charge in [-0.15, -0.1) is 0 Å². The molecule has 0 saturated carbocycles. The zero-order chi connectivity index (χ0) is 12.4. The number of halogens is 1. The van der Waals surface area contributed by atoms with Crippen molar-refractivity contribution in [1.29, 1.82) is 0 Å². The molecule has 1 aromatic carbocycles. The second kappa shape index (κ2) is 4.63. The van der Waals surface area contributed by atoms with Crippen molar-refractivity contribution in [2.24, 2.45) is 7.05 Å². The predicted octanol–water partition coefficient (Wildman–Crippen LogP) is 2.08. The Morgan fingerprint density at radius 3 is 2.88 bits per heavy atom. The van der Waals surface area contributed by atoms with Gasteiger partial charge in [0.15, 0.2) is 11.6 Å². The van der Waals surface area contributed by atoms with Gasteiger partial charge in [-0.3, -0.25) is 4.68 Å². The van der Waals surface area contributed by atoms with Gasteiger partial charge < -0.3 is 4.74 Å². The topological polar surface area (TPSA) is 39.9 Å². The average Bonchev–Trinajstić information content (AvgIpc) is 2.64. The SMILES string of the molecule is COCc1nc(-c2cc(C)ccc2F)nn1C. The number of aromatic nitrogens is 3. The van der Waals surface area contributed by atoms with Crippen LogP contribution in [0.3, 0.4) is 0 Å². The van der Waals surface area contributed by atoms with Crippen molar-refractivity contribution in [2.45, 2.75) is 13.5 Å². The van der Waals surface area contributed by atoms with E-state index in [0.29, 0.717) is 23.8 Å². The Balaban J connectivity index is 2.45. The third-order valence-electron chi connectivity index (χ3n) is 2.49. The molecule has 0 fully saturated rings. The summed E-state index contributed by atoms with van der Waals surface area (Å²) in [7, 11) is 3.35. The number of hydrogen-bond acceptors (Lipinski definition) is 3. The van der Waals surface area contributed by atoms with Crippen LogP contribution in [0, 0.1) is 12.7 Å². The van der Waals surface area contributed by atoms with E-state index in [4.69, 9.17) is 4.74 Å². The van der Waals surface area contributed by atoms with Gasteiger partial charge in [0.1, 0.15) is 12.4 Å². The van der Waals surface area contributed by atoms with Crippen molar-refractivity contribution in [3.05, 3.63) is 35.4 Å². The van der Waals surface area contributed by atoms with Crippen molar-refractivity contribution >= 4 is 0 Å². The second-order valence-electron chi connectivity index (χ2n) is 3.89. The van der Waals surface area contributed by atoms with Crippen LogP contribution >= 0.6 is 0 Å². The third-order valence-corrected chi connectivity index (χ3v) is 2.49. The molecule has 0 aliphatic heterocycles. The minimum absolute atomic E-state index is 0.315. The van der Waals surface area contributed by atoms with E-state index >= 15 is 0 Å². The lowest BCUT2D eigenvalue weighted by Crippen LogP contribution is -2.00. The highest BCUT2D eigenvalue weighted by atomic mass is 19.1. The molecule has 0 bridgehead atoms. The van der Waals surface area contributed by atoms with E-state index in [1.54, 1.807) is 31.0 Å². The average molecular weight is 235 g/mol. The fourth-order valence-corrected chi connectivity index (χ4v) is 1.60. The third kappa shape index (κ3) is 2.34. The highest BCUT2D eigenvalue weighted by molar-refractivity contribution is 5.56. The quantitative estimate of drug-likeness (QED) is 0.817. The van der Waals surface area contributed by atoms with Crippen LogP contribution in [0.15, 0.2) is 18.2 Å². The Hall–Kier alpha value is -1.75. The summed E-state index contributed by atoms with van der Waals surface area (Å²) in [5.74, 6) is 0.745. The zero-order valence-corrected chi connectivity index (χ0v) is 10.1. The van der Waals surface area contributed by atoms with Gasteiger partial charge in [-0.2, -0.15) is 5.10 Å². The first-order valence-electron chi connectivity index (χ1n) is 5.27. The number of rotatable bonds is 3. The first-order chi connectivity index (χ1) is 8.11. The molecule has 1 aromatic heterocycles. The Labute approximate surface area is 99.1 Å². The van der Waals surface area contributed by atoms with Crippen molar-refractivity contribution < 1.29 is 9.13 Å². The number of nitrogens with zero attached hydrogens (tertiary/aromatic N) is 3. The smallest absolute Gasteiger partial charge is 0.184 e. The molecule has 0 atom stereocenters. The summed E-state index contributed by atoms with van der Waals surface area (Å²) in [6.45, 7) is 2.26. The lowest BCUT2D eigenvalue weighted by molar-refractivity contribution is 0.174. The number of hydrogen-bond donors (Lipinski definition) is 0. The van der Waals surface area contributed by atoms with Crippen molar-refractivity contribution in [3.8, 4) is 11.4 Å². The van der Waals surface area contributed by atoms with Gasteiger partial charge in [-0.25, -0.2) is 9.37 Å². The Morgan fingerprint density at radius 2 is 2.18 bits per heavy atom. The van der Waals surface area contributed by atoms with Crippen LogP contribution in [0.25, 0.3) is 11.4 Å². The zero-order valence-electron chi connectivity index (χ0n) is 10.1. The number of ether oxygens (including phenoxy) is 1. The van der Waals surface area contributed by atoms with Crippen LogP contribution in [0.2, 0.25) is 0 Å². The largest absolute Gasteiger partial charge is 0.377 e. The molecular weight excluding hydrogens is 221 g/mol. The second-order valence-corrected chi connectivity index (χ2v) is 3.89. The maximum atomic E-state index is 13.7. The van der Waals surface area contributed by atoms with Gasteiger partial charge in [0.25, 0.3) is 0 Å². The van der Waals surface area contributed by atoms with E-state index in [1.165, 1.54) is 6.07 Å². The summed E-state index contributed by atoms with van der Waals surface area (Å²) >= 11 is 0. The summed E-state index contributed by atoms with van der Waals surface area (Å²) in [5, 5.41) is 4.19. The molecule has 0 aliphatic rings. The van der Waals surface area contributed by atoms with Crippen LogP contribution in [-0.2, 0) is 18.4 Å². The van der Waals surface area contributed by atoms with Gasteiger partial charge in [-0.05, 0) is 19.1 Å². The van der Waals surface area contributed by atoms with Gasteiger partial charge in [-0.1, -0.05) is 11.6 Å². The van der Waals surface area contributed by atoms with Crippen LogP contribution in [-0.4, -0.2) is 21.9 Å². The fourth-order valence-electron chi connectivity index (χ4n) is 1.60. The highest BCUT2D eigenvalue weighted by Gasteiger charge is 2.12. The summed E-state index contributed by atoms with van der Waals surface area (Å²) in [6, 6.07) is 4.89. The lowest BCUT2D eigenvalue weighted by Gasteiger charge is -1.99. The summed E-state index contributed by atoms with van der Waals surface area (Å²) in [5.41, 5.74) is 1.39. The number of methoxy groups -OCH3 is 1. The van der Waals surface area contributed by atoms with Crippen LogP contribution in [0.5, 0.6) is 0 Å². The number of benzene rings is 1. The monoisotopic (exact) mass is 235 g/mol. The van der Waals surface area contributed by atoms with Gasteiger partial charge in [0.05, 0.1) is 5.56 Å². The molecule has 17 heavy (non-hydrogen) atoms. The molecule has 0 amide bonds. The molecule has 0 spiro atoms. The van der Waals surface area contributed by atoms with Crippen molar-refractivity contribution in [3.63, 3.8) is 0 Å².